The second-order valence-corrected chi connectivity index (χ2v) is 7.11. The zero-order chi connectivity index (χ0) is 21.6. The molecule has 0 saturated carbocycles. The van der Waals surface area contributed by atoms with Gasteiger partial charge in [-0.3, -0.25) is 4.79 Å². The highest BCUT2D eigenvalue weighted by molar-refractivity contribution is 5.91. The van der Waals surface area contributed by atoms with E-state index < -0.39 is 0 Å². The summed E-state index contributed by atoms with van der Waals surface area (Å²) in [5.74, 6) is 2.02. The van der Waals surface area contributed by atoms with Crippen molar-refractivity contribution >= 4 is 12.0 Å². The third-order valence-corrected chi connectivity index (χ3v) is 4.56. The first-order valence-corrected chi connectivity index (χ1v) is 10.6. The first kappa shape index (κ1) is 23.3. The lowest BCUT2D eigenvalue weighted by Gasteiger charge is -2.11. The van der Waals surface area contributed by atoms with Crippen molar-refractivity contribution in [3.63, 3.8) is 0 Å². The van der Waals surface area contributed by atoms with Crippen molar-refractivity contribution in [3.05, 3.63) is 59.7 Å². The maximum atomic E-state index is 12.0. The number of aryl methyl sites for hydroxylation is 1. The highest BCUT2D eigenvalue weighted by atomic mass is 16.5. The molecule has 2 aromatic rings. The predicted molar refractivity (Wildman–Crippen MR) is 121 cm³/mol. The number of hydrogen-bond donors (Lipinski definition) is 1. The Bertz CT molecular complexity index is 799. The number of carbonyl (C=O) groups is 1. The molecule has 0 aliphatic carbocycles. The Morgan fingerprint density at radius 3 is 2.50 bits per heavy atom. The monoisotopic (exact) mass is 411 g/mol. The molecule has 30 heavy (non-hydrogen) atoms. The van der Waals surface area contributed by atoms with E-state index in [-0.39, 0.29) is 5.91 Å². The Labute approximate surface area is 180 Å². The van der Waals surface area contributed by atoms with Crippen LogP contribution in [-0.4, -0.2) is 32.8 Å². The van der Waals surface area contributed by atoms with Gasteiger partial charge in [0.2, 0.25) is 5.91 Å². The van der Waals surface area contributed by atoms with Crippen molar-refractivity contribution in [2.75, 3.05) is 26.9 Å². The standard InChI is InChI=1S/C25H33NO4/c1-4-5-6-7-17-30-23-14-10-21(19-24(23)28-3)11-15-25(27)26-16-18-29-22-12-8-20(2)9-13-22/h8-15,19H,4-7,16-18H2,1-3H3,(H,26,27)/b15-11+. The maximum Gasteiger partial charge on any atom is 0.244 e. The molecule has 0 aliphatic rings. The molecule has 0 heterocycles. The lowest BCUT2D eigenvalue weighted by molar-refractivity contribution is -0.116. The fourth-order valence-corrected chi connectivity index (χ4v) is 2.83. The van der Waals surface area contributed by atoms with Gasteiger partial charge in [-0.15, -0.1) is 0 Å². The van der Waals surface area contributed by atoms with Crippen molar-refractivity contribution in [1.29, 1.82) is 0 Å². The summed E-state index contributed by atoms with van der Waals surface area (Å²) in [5.41, 5.74) is 2.06. The lowest BCUT2D eigenvalue weighted by atomic mass is 10.2. The van der Waals surface area contributed by atoms with E-state index in [4.69, 9.17) is 14.2 Å². The number of nitrogens with one attached hydrogen (secondary N) is 1. The van der Waals surface area contributed by atoms with Gasteiger partial charge in [-0.2, -0.15) is 0 Å². The first-order valence-electron chi connectivity index (χ1n) is 10.6. The molecule has 0 saturated heterocycles. The van der Waals surface area contributed by atoms with Gasteiger partial charge in [0.25, 0.3) is 0 Å². The highest BCUT2D eigenvalue weighted by Crippen LogP contribution is 2.28. The minimum Gasteiger partial charge on any atom is -0.493 e. The van der Waals surface area contributed by atoms with Crippen LogP contribution in [0.3, 0.4) is 0 Å². The van der Waals surface area contributed by atoms with Crippen LogP contribution in [0.4, 0.5) is 0 Å². The molecular weight excluding hydrogens is 378 g/mol. The molecule has 0 fully saturated rings. The number of ether oxygens (including phenoxy) is 3. The summed E-state index contributed by atoms with van der Waals surface area (Å²) in [4.78, 5) is 12.0. The van der Waals surface area contributed by atoms with Gasteiger partial charge in [0, 0.05) is 6.08 Å². The third kappa shape index (κ3) is 8.60. The summed E-state index contributed by atoms with van der Waals surface area (Å²) >= 11 is 0. The van der Waals surface area contributed by atoms with Crippen molar-refractivity contribution < 1.29 is 19.0 Å². The second-order valence-electron chi connectivity index (χ2n) is 7.11. The minimum absolute atomic E-state index is 0.169. The predicted octanol–water partition coefficient (Wildman–Crippen LogP) is 5.17. The average molecular weight is 412 g/mol. The molecule has 0 radical (unpaired) electrons. The van der Waals surface area contributed by atoms with E-state index in [0.29, 0.717) is 25.5 Å². The number of carbonyl (C=O) groups excluding carboxylic acids is 1. The van der Waals surface area contributed by atoms with E-state index in [1.54, 1.807) is 13.2 Å². The van der Waals surface area contributed by atoms with Gasteiger partial charge in [-0.05, 0) is 49.2 Å². The molecule has 2 aromatic carbocycles. The van der Waals surface area contributed by atoms with E-state index in [9.17, 15) is 4.79 Å². The Kier molecular flexibility index (Phi) is 10.3. The Morgan fingerprint density at radius 1 is 0.967 bits per heavy atom. The van der Waals surface area contributed by atoms with Crippen LogP contribution in [0.2, 0.25) is 0 Å². The molecule has 0 aliphatic heterocycles. The van der Waals surface area contributed by atoms with Crippen molar-refractivity contribution in [2.24, 2.45) is 0 Å². The zero-order valence-corrected chi connectivity index (χ0v) is 18.3. The van der Waals surface area contributed by atoms with Crippen LogP contribution in [0, 0.1) is 6.92 Å². The van der Waals surface area contributed by atoms with Crippen LogP contribution in [0.25, 0.3) is 6.08 Å². The molecule has 1 amide bonds. The smallest absolute Gasteiger partial charge is 0.244 e. The SMILES string of the molecule is CCCCCCOc1ccc(/C=C/C(=O)NCCOc2ccc(C)cc2)cc1OC. The van der Waals surface area contributed by atoms with Crippen LogP contribution in [0.5, 0.6) is 17.2 Å². The Hall–Kier alpha value is -2.95. The zero-order valence-electron chi connectivity index (χ0n) is 18.3. The van der Waals surface area contributed by atoms with Crippen LogP contribution in [0.1, 0.15) is 43.7 Å². The van der Waals surface area contributed by atoms with Gasteiger partial charge >= 0.3 is 0 Å². The highest BCUT2D eigenvalue weighted by Gasteiger charge is 2.05. The molecule has 0 spiro atoms. The molecule has 0 aromatic heterocycles. The molecule has 0 unspecified atom stereocenters. The van der Waals surface area contributed by atoms with E-state index in [1.165, 1.54) is 30.9 Å². The minimum atomic E-state index is -0.169. The van der Waals surface area contributed by atoms with Crippen LogP contribution >= 0.6 is 0 Å². The van der Waals surface area contributed by atoms with Gasteiger partial charge in [0.05, 0.1) is 20.3 Å². The maximum absolute atomic E-state index is 12.0. The van der Waals surface area contributed by atoms with Gasteiger partial charge in [0.1, 0.15) is 12.4 Å². The molecule has 5 heteroatoms. The average Bonchev–Trinajstić information content (AvgIpc) is 2.76. The van der Waals surface area contributed by atoms with Crippen molar-refractivity contribution in [2.45, 2.75) is 39.5 Å². The van der Waals surface area contributed by atoms with E-state index in [1.807, 2.05) is 49.4 Å². The van der Waals surface area contributed by atoms with E-state index in [0.717, 1.165) is 23.5 Å². The topological polar surface area (TPSA) is 56.8 Å². The van der Waals surface area contributed by atoms with Crippen LogP contribution in [-0.2, 0) is 4.79 Å². The van der Waals surface area contributed by atoms with Crippen molar-refractivity contribution in [1.82, 2.24) is 5.32 Å². The van der Waals surface area contributed by atoms with Crippen molar-refractivity contribution in [3.8, 4) is 17.2 Å². The Balaban J connectivity index is 1.75. The number of hydrogen-bond acceptors (Lipinski definition) is 4. The summed E-state index contributed by atoms with van der Waals surface area (Å²) in [6, 6.07) is 13.5. The summed E-state index contributed by atoms with van der Waals surface area (Å²) in [6.07, 6.45) is 7.90. The van der Waals surface area contributed by atoms with Gasteiger partial charge in [0.15, 0.2) is 11.5 Å². The molecule has 0 bridgehead atoms. The number of benzene rings is 2. The fourth-order valence-electron chi connectivity index (χ4n) is 2.83. The first-order chi connectivity index (χ1) is 14.6. The normalized spacial score (nSPS) is 10.8. The summed E-state index contributed by atoms with van der Waals surface area (Å²) < 4.78 is 16.8. The molecule has 5 nitrogen and oxygen atoms in total. The van der Waals surface area contributed by atoms with E-state index >= 15 is 0 Å². The lowest BCUT2D eigenvalue weighted by Crippen LogP contribution is -2.26. The van der Waals surface area contributed by atoms with Crippen LogP contribution in [0.15, 0.2) is 48.5 Å². The molecule has 2 rings (SSSR count). The van der Waals surface area contributed by atoms with Gasteiger partial charge in [-0.25, -0.2) is 0 Å². The summed E-state index contributed by atoms with van der Waals surface area (Å²) in [6.45, 7) is 5.75. The van der Waals surface area contributed by atoms with Gasteiger partial charge in [-0.1, -0.05) is 49.9 Å². The van der Waals surface area contributed by atoms with Crippen LogP contribution < -0.4 is 19.5 Å². The quantitative estimate of drug-likeness (QED) is 0.365. The summed E-state index contributed by atoms with van der Waals surface area (Å²) in [5, 5.41) is 2.81. The van der Waals surface area contributed by atoms with E-state index in [2.05, 4.69) is 12.2 Å². The number of rotatable bonds is 13. The third-order valence-electron chi connectivity index (χ3n) is 4.56. The molecule has 1 N–H and O–H groups in total. The largest absolute Gasteiger partial charge is 0.493 e. The second kappa shape index (κ2) is 13.3. The number of amides is 1. The fraction of sp³-hybridized carbons (Fsp3) is 0.400. The molecular formula is C25H33NO4. The molecule has 0 atom stereocenters. The van der Waals surface area contributed by atoms with Gasteiger partial charge < -0.3 is 19.5 Å². The summed E-state index contributed by atoms with van der Waals surface area (Å²) in [7, 11) is 1.62. The molecule has 162 valence electrons. The Morgan fingerprint density at radius 2 is 1.77 bits per heavy atom. The number of methoxy groups -OCH3 is 1. The number of unbranched alkanes of at least 4 members (excludes halogenated alkanes) is 3.